The SMILES string of the molecule is CC(C)(CNC(=O)c1[nH]c2ccc(F)cc2c1Cl)C(=O)O. The summed E-state index contributed by atoms with van der Waals surface area (Å²) in [6.07, 6.45) is 0. The van der Waals surface area contributed by atoms with Crippen LogP contribution >= 0.6 is 11.6 Å². The Hall–Kier alpha value is -2.08. The number of nitrogens with one attached hydrogen (secondary N) is 2. The summed E-state index contributed by atoms with van der Waals surface area (Å²) in [7, 11) is 0. The zero-order valence-corrected chi connectivity index (χ0v) is 12.2. The fourth-order valence-electron chi connectivity index (χ4n) is 1.75. The van der Waals surface area contributed by atoms with Crippen molar-refractivity contribution in [3.8, 4) is 0 Å². The lowest BCUT2D eigenvalue weighted by Crippen LogP contribution is -2.39. The quantitative estimate of drug-likeness (QED) is 0.812. The van der Waals surface area contributed by atoms with E-state index in [9.17, 15) is 14.0 Å². The number of halogens is 2. The lowest BCUT2D eigenvalue weighted by molar-refractivity contribution is -0.146. The Balaban J connectivity index is 2.24. The van der Waals surface area contributed by atoms with Crippen molar-refractivity contribution < 1.29 is 19.1 Å². The molecule has 0 saturated heterocycles. The van der Waals surface area contributed by atoms with E-state index in [1.54, 1.807) is 0 Å². The second kappa shape index (κ2) is 5.37. The number of hydrogen-bond donors (Lipinski definition) is 3. The molecule has 112 valence electrons. The monoisotopic (exact) mass is 312 g/mol. The van der Waals surface area contributed by atoms with Crippen LogP contribution in [-0.2, 0) is 4.79 Å². The Morgan fingerprint density at radius 1 is 1.43 bits per heavy atom. The summed E-state index contributed by atoms with van der Waals surface area (Å²) < 4.78 is 13.2. The van der Waals surface area contributed by atoms with Crippen LogP contribution < -0.4 is 5.32 Å². The van der Waals surface area contributed by atoms with Crippen molar-refractivity contribution in [1.29, 1.82) is 0 Å². The standard InChI is InChI=1S/C14H14ClFN2O3/c1-14(2,13(20)21)6-17-12(19)11-10(15)8-5-7(16)3-4-9(8)18-11/h3-5,18H,6H2,1-2H3,(H,17,19)(H,20,21). The fraction of sp³-hybridized carbons (Fsp3) is 0.286. The van der Waals surface area contributed by atoms with E-state index < -0.39 is 23.1 Å². The van der Waals surface area contributed by atoms with Gasteiger partial charge in [-0.05, 0) is 32.0 Å². The zero-order chi connectivity index (χ0) is 15.8. The molecule has 21 heavy (non-hydrogen) atoms. The third-order valence-corrected chi connectivity index (χ3v) is 3.59. The maximum Gasteiger partial charge on any atom is 0.310 e. The Morgan fingerprint density at radius 3 is 2.71 bits per heavy atom. The van der Waals surface area contributed by atoms with Gasteiger partial charge in [-0.3, -0.25) is 9.59 Å². The molecule has 5 nitrogen and oxygen atoms in total. The maximum absolute atomic E-state index is 13.2. The molecule has 0 fully saturated rings. The van der Waals surface area contributed by atoms with Crippen LogP contribution in [0, 0.1) is 11.2 Å². The van der Waals surface area contributed by atoms with Crippen LogP contribution in [0.2, 0.25) is 5.02 Å². The van der Waals surface area contributed by atoms with Crippen LogP contribution in [-0.4, -0.2) is 28.5 Å². The zero-order valence-electron chi connectivity index (χ0n) is 11.5. The minimum Gasteiger partial charge on any atom is -0.481 e. The van der Waals surface area contributed by atoms with Crippen LogP contribution in [0.15, 0.2) is 18.2 Å². The molecule has 7 heteroatoms. The van der Waals surface area contributed by atoms with Crippen molar-refractivity contribution in [2.24, 2.45) is 5.41 Å². The third-order valence-electron chi connectivity index (χ3n) is 3.19. The van der Waals surface area contributed by atoms with Gasteiger partial charge in [0.15, 0.2) is 0 Å². The molecule has 3 N–H and O–H groups in total. The molecule has 0 aliphatic carbocycles. The molecule has 0 aliphatic rings. The number of amides is 1. The summed E-state index contributed by atoms with van der Waals surface area (Å²) in [6, 6.07) is 3.96. The number of aromatic amines is 1. The van der Waals surface area contributed by atoms with Crippen LogP contribution in [0.4, 0.5) is 4.39 Å². The Labute approximate surface area is 125 Å². The van der Waals surface area contributed by atoms with Crippen LogP contribution in [0.5, 0.6) is 0 Å². The van der Waals surface area contributed by atoms with Crippen molar-refractivity contribution in [2.75, 3.05) is 6.54 Å². The van der Waals surface area contributed by atoms with Crippen molar-refractivity contribution in [1.82, 2.24) is 10.3 Å². The van der Waals surface area contributed by atoms with Crippen molar-refractivity contribution in [3.05, 3.63) is 34.7 Å². The van der Waals surface area contributed by atoms with E-state index in [0.29, 0.717) is 10.9 Å². The molecule has 1 heterocycles. The number of carboxylic acid groups (broad SMARTS) is 1. The average molecular weight is 313 g/mol. The van der Waals surface area contributed by atoms with Gasteiger partial charge in [0.2, 0.25) is 0 Å². The number of carbonyl (C=O) groups excluding carboxylic acids is 1. The normalized spacial score (nSPS) is 11.6. The molecule has 1 amide bonds. The van der Waals surface area contributed by atoms with Crippen molar-refractivity contribution >= 4 is 34.4 Å². The first kappa shape index (κ1) is 15.3. The minimum atomic E-state index is -1.10. The predicted molar refractivity (Wildman–Crippen MR) is 77.0 cm³/mol. The smallest absolute Gasteiger partial charge is 0.310 e. The van der Waals surface area contributed by atoms with Crippen molar-refractivity contribution in [2.45, 2.75) is 13.8 Å². The molecule has 0 radical (unpaired) electrons. The number of carboxylic acids is 1. The molecule has 1 aromatic heterocycles. The average Bonchev–Trinajstić information content (AvgIpc) is 2.73. The number of aromatic nitrogens is 1. The van der Waals surface area contributed by atoms with E-state index in [4.69, 9.17) is 16.7 Å². The number of benzene rings is 1. The highest BCUT2D eigenvalue weighted by molar-refractivity contribution is 6.38. The van der Waals surface area contributed by atoms with E-state index in [2.05, 4.69) is 10.3 Å². The van der Waals surface area contributed by atoms with E-state index in [0.717, 1.165) is 0 Å². The highest BCUT2D eigenvalue weighted by atomic mass is 35.5. The number of hydrogen-bond acceptors (Lipinski definition) is 2. The Bertz CT molecular complexity index is 724. The number of rotatable bonds is 4. The van der Waals surface area contributed by atoms with Gasteiger partial charge in [-0.1, -0.05) is 11.6 Å². The number of fused-ring (bicyclic) bond motifs is 1. The molecule has 0 unspecified atom stereocenters. The van der Waals surface area contributed by atoms with E-state index in [-0.39, 0.29) is 17.3 Å². The van der Waals surface area contributed by atoms with Crippen LogP contribution in [0.1, 0.15) is 24.3 Å². The third kappa shape index (κ3) is 3.00. The molecular formula is C14H14ClFN2O3. The van der Waals surface area contributed by atoms with Gasteiger partial charge in [0.25, 0.3) is 5.91 Å². The van der Waals surface area contributed by atoms with Gasteiger partial charge >= 0.3 is 5.97 Å². The van der Waals surface area contributed by atoms with Crippen LogP contribution in [0.25, 0.3) is 10.9 Å². The minimum absolute atomic E-state index is 0.0543. The Morgan fingerprint density at radius 2 is 2.10 bits per heavy atom. The lowest BCUT2D eigenvalue weighted by atomic mass is 9.94. The molecule has 1 aromatic carbocycles. The second-order valence-corrected chi connectivity index (χ2v) is 5.75. The van der Waals surface area contributed by atoms with E-state index in [1.807, 2.05) is 0 Å². The number of H-pyrrole nitrogens is 1. The summed E-state index contributed by atoms with van der Waals surface area (Å²) in [4.78, 5) is 25.9. The first-order valence-electron chi connectivity index (χ1n) is 6.20. The van der Waals surface area contributed by atoms with Crippen LogP contribution in [0.3, 0.4) is 0 Å². The summed E-state index contributed by atoms with van der Waals surface area (Å²) in [5.74, 6) is -2.01. The van der Waals surface area contributed by atoms with Gasteiger partial charge < -0.3 is 15.4 Å². The second-order valence-electron chi connectivity index (χ2n) is 5.38. The van der Waals surface area contributed by atoms with Gasteiger partial charge in [0, 0.05) is 17.4 Å². The van der Waals surface area contributed by atoms with Gasteiger partial charge in [-0.15, -0.1) is 0 Å². The van der Waals surface area contributed by atoms with Crippen molar-refractivity contribution in [3.63, 3.8) is 0 Å². The predicted octanol–water partition coefficient (Wildman–Crippen LogP) is 2.80. The molecule has 2 aromatic rings. The van der Waals surface area contributed by atoms with Gasteiger partial charge in [-0.25, -0.2) is 4.39 Å². The summed E-state index contributed by atoms with van der Waals surface area (Å²) >= 11 is 6.06. The molecule has 2 rings (SSSR count). The maximum atomic E-state index is 13.2. The first-order valence-corrected chi connectivity index (χ1v) is 6.58. The fourth-order valence-corrected chi connectivity index (χ4v) is 2.04. The molecular weight excluding hydrogens is 299 g/mol. The molecule has 0 saturated carbocycles. The molecule has 0 atom stereocenters. The molecule has 0 spiro atoms. The Kier molecular flexibility index (Phi) is 3.91. The van der Waals surface area contributed by atoms with Gasteiger partial charge in [0.1, 0.15) is 11.5 Å². The van der Waals surface area contributed by atoms with Gasteiger partial charge in [0.05, 0.1) is 10.4 Å². The lowest BCUT2D eigenvalue weighted by Gasteiger charge is -2.19. The number of carbonyl (C=O) groups is 2. The largest absolute Gasteiger partial charge is 0.481 e. The molecule has 0 aliphatic heterocycles. The van der Waals surface area contributed by atoms with Gasteiger partial charge in [-0.2, -0.15) is 0 Å². The summed E-state index contributed by atoms with van der Waals surface area (Å²) in [5, 5.41) is 12.0. The highest BCUT2D eigenvalue weighted by Crippen LogP contribution is 2.28. The summed E-state index contributed by atoms with van der Waals surface area (Å²) in [6.45, 7) is 2.94. The molecule has 0 bridgehead atoms. The number of aliphatic carboxylic acids is 1. The van der Waals surface area contributed by atoms with E-state index >= 15 is 0 Å². The first-order chi connectivity index (χ1) is 9.72. The van der Waals surface area contributed by atoms with E-state index in [1.165, 1.54) is 32.0 Å². The highest BCUT2D eigenvalue weighted by Gasteiger charge is 2.28. The summed E-state index contributed by atoms with van der Waals surface area (Å²) in [5.41, 5.74) is -0.484. The topological polar surface area (TPSA) is 82.2 Å².